The number of carbonyl (C=O) groups is 1. The van der Waals surface area contributed by atoms with E-state index < -0.39 is 32.3 Å². The molecule has 7 heteroatoms. The van der Waals surface area contributed by atoms with Crippen molar-refractivity contribution in [3.63, 3.8) is 0 Å². The fourth-order valence-corrected chi connectivity index (χ4v) is 2.59. The summed E-state index contributed by atoms with van der Waals surface area (Å²) in [6.45, 7) is 0. The maximum atomic E-state index is 11.3. The molecule has 3 N–H and O–H groups in total. The molecular weight excluding hydrogens is 260 g/mol. The van der Waals surface area contributed by atoms with Gasteiger partial charge in [-0.1, -0.05) is 24.3 Å². The first-order valence-corrected chi connectivity index (χ1v) is 6.14. The molecule has 0 bridgehead atoms. The van der Waals surface area contributed by atoms with Crippen LogP contribution in [0.5, 0.6) is 5.75 Å². The molecule has 0 aliphatic carbocycles. The Morgan fingerprint density at radius 1 is 1.22 bits per heavy atom. The molecule has 0 atom stereocenters. The van der Waals surface area contributed by atoms with Crippen LogP contribution in [-0.4, -0.2) is 29.2 Å². The van der Waals surface area contributed by atoms with Crippen molar-refractivity contribution in [1.29, 1.82) is 0 Å². The van der Waals surface area contributed by atoms with E-state index in [1.54, 1.807) is 6.07 Å². The highest BCUT2D eigenvalue weighted by Gasteiger charge is 2.27. The molecule has 0 aliphatic heterocycles. The minimum atomic E-state index is -4.79. The first-order valence-electron chi connectivity index (χ1n) is 4.70. The zero-order valence-corrected chi connectivity index (χ0v) is 9.60. The molecule has 93 valence electrons. The van der Waals surface area contributed by atoms with Gasteiger partial charge in [0.25, 0.3) is 10.1 Å². The summed E-state index contributed by atoms with van der Waals surface area (Å²) in [6.07, 6.45) is 0. The zero-order chi connectivity index (χ0) is 13.5. The molecule has 0 spiro atoms. The van der Waals surface area contributed by atoms with Gasteiger partial charge in [0.2, 0.25) is 0 Å². The van der Waals surface area contributed by atoms with Crippen molar-refractivity contribution in [3.05, 3.63) is 35.9 Å². The Kier molecular flexibility index (Phi) is 2.72. The summed E-state index contributed by atoms with van der Waals surface area (Å²) < 4.78 is 31.7. The lowest BCUT2D eigenvalue weighted by Gasteiger charge is -2.09. The van der Waals surface area contributed by atoms with Crippen LogP contribution in [0.4, 0.5) is 0 Å². The molecule has 0 saturated heterocycles. The summed E-state index contributed by atoms with van der Waals surface area (Å²) in [4.78, 5) is 10.1. The zero-order valence-electron chi connectivity index (χ0n) is 8.78. The average Bonchev–Trinajstić information content (AvgIpc) is 2.25. The van der Waals surface area contributed by atoms with E-state index in [1.807, 2.05) is 0 Å². The van der Waals surface area contributed by atoms with Gasteiger partial charge < -0.3 is 10.2 Å². The van der Waals surface area contributed by atoms with Gasteiger partial charge >= 0.3 is 5.97 Å². The number of phenols is 1. The summed E-state index contributed by atoms with van der Waals surface area (Å²) in [5, 5.41) is 18.6. The van der Waals surface area contributed by atoms with E-state index in [4.69, 9.17) is 9.66 Å². The largest absolute Gasteiger partial charge is 0.506 e. The average molecular weight is 267 g/mol. The monoisotopic (exact) mass is 267 g/mol. The number of benzene rings is 2. The Balaban J connectivity index is 3.09. The molecule has 0 saturated carbocycles. The topological polar surface area (TPSA) is 112 Å². The quantitative estimate of drug-likeness (QED) is 0.707. The van der Waals surface area contributed by atoms with Crippen LogP contribution in [0.3, 0.4) is 0 Å². The van der Waals surface area contributed by atoms with Crippen LogP contribution in [0.15, 0.2) is 29.2 Å². The van der Waals surface area contributed by atoms with Gasteiger partial charge in [-0.3, -0.25) is 4.55 Å². The number of carboxylic acids is 1. The SMILES string of the molecule is O=C(O)c1c(O)[c]c2ccccc2c1S(=O)(=O)O. The van der Waals surface area contributed by atoms with Crippen molar-refractivity contribution < 1.29 is 28.0 Å². The Bertz CT molecular complexity index is 747. The number of aromatic hydroxyl groups is 1. The summed E-state index contributed by atoms with van der Waals surface area (Å²) in [5.74, 6) is -2.50. The van der Waals surface area contributed by atoms with Crippen LogP contribution in [0.2, 0.25) is 0 Å². The lowest BCUT2D eigenvalue weighted by molar-refractivity contribution is 0.0689. The van der Waals surface area contributed by atoms with Crippen LogP contribution in [0.1, 0.15) is 10.4 Å². The van der Waals surface area contributed by atoms with Crippen molar-refractivity contribution in [3.8, 4) is 5.75 Å². The van der Waals surface area contributed by atoms with Gasteiger partial charge in [-0.25, -0.2) is 4.79 Å². The summed E-state index contributed by atoms with van der Waals surface area (Å²) >= 11 is 0. The maximum absolute atomic E-state index is 11.3. The fourth-order valence-electron chi connectivity index (χ4n) is 1.69. The van der Waals surface area contributed by atoms with Gasteiger partial charge in [-0.05, 0) is 5.39 Å². The number of hydrogen-bond acceptors (Lipinski definition) is 4. The van der Waals surface area contributed by atoms with E-state index in [-0.39, 0.29) is 10.8 Å². The molecule has 2 rings (SSSR count). The van der Waals surface area contributed by atoms with Gasteiger partial charge in [0.05, 0.1) is 0 Å². The van der Waals surface area contributed by atoms with Crippen LogP contribution in [-0.2, 0) is 10.1 Å². The van der Waals surface area contributed by atoms with Crippen molar-refractivity contribution in [2.75, 3.05) is 0 Å². The van der Waals surface area contributed by atoms with Gasteiger partial charge in [0.15, 0.2) is 0 Å². The molecule has 0 fully saturated rings. The van der Waals surface area contributed by atoms with E-state index in [0.717, 1.165) is 0 Å². The molecule has 0 aromatic heterocycles. The van der Waals surface area contributed by atoms with Crippen LogP contribution in [0, 0.1) is 6.07 Å². The van der Waals surface area contributed by atoms with Gasteiger partial charge in [0, 0.05) is 11.5 Å². The molecule has 0 aliphatic rings. The van der Waals surface area contributed by atoms with Gasteiger partial charge in [-0.15, -0.1) is 0 Å². The molecule has 2 aromatic rings. The number of rotatable bonds is 2. The second-order valence-electron chi connectivity index (χ2n) is 3.50. The predicted octanol–water partition coefficient (Wildman–Crippen LogP) is 1.29. The molecule has 0 unspecified atom stereocenters. The lowest BCUT2D eigenvalue weighted by atomic mass is 10.1. The van der Waals surface area contributed by atoms with E-state index in [1.165, 1.54) is 18.2 Å². The smallest absolute Gasteiger partial charge is 0.340 e. The van der Waals surface area contributed by atoms with Crippen molar-refractivity contribution in [2.45, 2.75) is 4.90 Å². The molecule has 18 heavy (non-hydrogen) atoms. The Morgan fingerprint density at radius 3 is 2.39 bits per heavy atom. The van der Waals surface area contributed by atoms with Gasteiger partial charge in [0.1, 0.15) is 16.2 Å². The first kappa shape index (κ1) is 12.3. The minimum Gasteiger partial charge on any atom is -0.506 e. The Hall–Kier alpha value is -2.12. The fraction of sp³-hybridized carbons (Fsp3) is 0. The van der Waals surface area contributed by atoms with Crippen molar-refractivity contribution in [2.24, 2.45) is 0 Å². The summed E-state index contributed by atoms with van der Waals surface area (Å²) in [7, 11) is -4.79. The molecular formula is C11H7O6S. The van der Waals surface area contributed by atoms with E-state index in [0.29, 0.717) is 0 Å². The van der Waals surface area contributed by atoms with E-state index in [2.05, 4.69) is 6.07 Å². The number of carboxylic acid groups (broad SMARTS) is 1. The number of fused-ring (bicyclic) bond motifs is 1. The molecule has 0 heterocycles. The third-order valence-corrected chi connectivity index (χ3v) is 3.30. The Labute approximate surface area is 102 Å². The second kappa shape index (κ2) is 3.97. The first-order chi connectivity index (χ1) is 8.32. The molecule has 6 nitrogen and oxygen atoms in total. The lowest BCUT2D eigenvalue weighted by Crippen LogP contribution is -2.09. The van der Waals surface area contributed by atoms with Crippen molar-refractivity contribution in [1.82, 2.24) is 0 Å². The Morgan fingerprint density at radius 2 is 1.83 bits per heavy atom. The predicted molar refractivity (Wildman–Crippen MR) is 61.2 cm³/mol. The van der Waals surface area contributed by atoms with Gasteiger partial charge in [-0.2, -0.15) is 8.42 Å². The third-order valence-electron chi connectivity index (χ3n) is 2.36. The number of aromatic carboxylic acids is 1. The highest BCUT2D eigenvalue weighted by atomic mass is 32.2. The highest BCUT2D eigenvalue weighted by Crippen LogP contribution is 2.32. The van der Waals surface area contributed by atoms with Crippen LogP contribution in [0.25, 0.3) is 10.8 Å². The maximum Gasteiger partial charge on any atom is 0.340 e. The second-order valence-corrected chi connectivity index (χ2v) is 4.86. The van der Waals surface area contributed by atoms with E-state index in [9.17, 15) is 18.3 Å². The molecule has 2 aromatic carbocycles. The standard InChI is InChI=1S/C11H7O6S/c12-8-5-6-3-1-2-4-7(6)10(18(15,16)17)9(8)11(13)14/h1-4,12H,(H,13,14)(H,15,16,17). The summed E-state index contributed by atoms with van der Waals surface area (Å²) in [6, 6.07) is 8.15. The molecule has 1 radical (unpaired) electrons. The summed E-state index contributed by atoms with van der Waals surface area (Å²) in [5.41, 5.74) is -0.892. The number of hydrogen-bond donors (Lipinski definition) is 3. The van der Waals surface area contributed by atoms with Crippen molar-refractivity contribution >= 4 is 26.9 Å². The van der Waals surface area contributed by atoms with Crippen LogP contribution >= 0.6 is 0 Å². The third kappa shape index (κ3) is 1.89. The van der Waals surface area contributed by atoms with Crippen LogP contribution < -0.4 is 0 Å². The minimum absolute atomic E-state index is 0.0183. The highest BCUT2D eigenvalue weighted by molar-refractivity contribution is 7.86. The normalized spacial score (nSPS) is 11.6. The van der Waals surface area contributed by atoms with E-state index >= 15 is 0 Å². The molecule has 0 amide bonds.